The quantitative estimate of drug-likeness (QED) is 0.801. The Labute approximate surface area is 83.2 Å². The summed E-state index contributed by atoms with van der Waals surface area (Å²) in [7, 11) is 0. The van der Waals surface area contributed by atoms with E-state index in [0.717, 1.165) is 23.8 Å². The van der Waals surface area contributed by atoms with Gasteiger partial charge in [0.1, 0.15) is 0 Å². The fourth-order valence-corrected chi connectivity index (χ4v) is 2.24. The number of aromatic nitrogens is 1. The number of aryl methyl sites for hydroxylation is 2. The maximum absolute atomic E-state index is 6.01. The third-order valence-corrected chi connectivity index (χ3v) is 3.45. The molecule has 1 fully saturated rings. The number of hydrogen-bond donors (Lipinski definition) is 1. The molecule has 1 aliphatic rings. The van der Waals surface area contributed by atoms with Crippen molar-refractivity contribution in [2.24, 2.45) is 11.7 Å². The van der Waals surface area contributed by atoms with Gasteiger partial charge in [-0.15, -0.1) is 11.3 Å². The Morgan fingerprint density at radius 3 is 3.00 bits per heavy atom. The van der Waals surface area contributed by atoms with Crippen LogP contribution < -0.4 is 5.73 Å². The highest BCUT2D eigenvalue weighted by Gasteiger charge is 2.27. The summed E-state index contributed by atoms with van der Waals surface area (Å²) in [6.45, 7) is 2.05. The van der Waals surface area contributed by atoms with E-state index in [1.807, 2.05) is 0 Å². The van der Waals surface area contributed by atoms with Gasteiger partial charge in [-0.1, -0.05) is 0 Å². The lowest BCUT2D eigenvalue weighted by molar-refractivity contribution is 0.547. The molecule has 2 N–H and O–H groups in total. The molecule has 1 heterocycles. The van der Waals surface area contributed by atoms with E-state index in [1.54, 1.807) is 11.3 Å². The molecule has 0 saturated heterocycles. The van der Waals surface area contributed by atoms with Crippen molar-refractivity contribution in [2.45, 2.75) is 38.6 Å². The Kier molecular flexibility index (Phi) is 2.65. The summed E-state index contributed by atoms with van der Waals surface area (Å²) in [6, 6.07) is 0.419. The molecular formula is C10H16N2S. The predicted octanol–water partition coefficient (Wildman–Crippen LogP) is 2.12. The van der Waals surface area contributed by atoms with Gasteiger partial charge in [0, 0.05) is 11.4 Å². The highest BCUT2D eigenvalue weighted by Crippen LogP contribution is 2.33. The minimum Gasteiger partial charge on any atom is -0.327 e. The molecule has 1 saturated carbocycles. The third-order valence-electron chi connectivity index (χ3n) is 2.63. The SMILES string of the molecule is Cc1nc(CCC(N)C2CC2)cs1. The molecule has 0 bridgehead atoms. The average molecular weight is 196 g/mol. The van der Waals surface area contributed by atoms with Gasteiger partial charge in [-0.3, -0.25) is 0 Å². The molecule has 0 amide bonds. The van der Waals surface area contributed by atoms with E-state index in [2.05, 4.69) is 17.3 Å². The van der Waals surface area contributed by atoms with Crippen molar-refractivity contribution in [1.82, 2.24) is 4.98 Å². The Bertz CT molecular complexity index is 278. The first kappa shape index (κ1) is 9.16. The second kappa shape index (κ2) is 3.76. The van der Waals surface area contributed by atoms with E-state index >= 15 is 0 Å². The van der Waals surface area contributed by atoms with Crippen molar-refractivity contribution >= 4 is 11.3 Å². The lowest BCUT2D eigenvalue weighted by Crippen LogP contribution is -2.22. The lowest BCUT2D eigenvalue weighted by atomic mass is 10.1. The van der Waals surface area contributed by atoms with Gasteiger partial charge in [0.15, 0.2) is 0 Å². The van der Waals surface area contributed by atoms with Crippen LogP contribution in [0, 0.1) is 12.8 Å². The van der Waals surface area contributed by atoms with Crippen LogP contribution in [0.1, 0.15) is 30.0 Å². The summed E-state index contributed by atoms with van der Waals surface area (Å²) >= 11 is 1.73. The number of nitrogens with two attached hydrogens (primary N) is 1. The second-order valence-electron chi connectivity index (χ2n) is 3.90. The Morgan fingerprint density at radius 1 is 1.69 bits per heavy atom. The summed E-state index contributed by atoms with van der Waals surface area (Å²) in [4.78, 5) is 4.43. The highest BCUT2D eigenvalue weighted by atomic mass is 32.1. The van der Waals surface area contributed by atoms with Crippen LogP contribution in [-0.4, -0.2) is 11.0 Å². The van der Waals surface area contributed by atoms with Gasteiger partial charge >= 0.3 is 0 Å². The first-order chi connectivity index (χ1) is 6.25. The lowest BCUT2D eigenvalue weighted by Gasteiger charge is -2.07. The summed E-state index contributed by atoms with van der Waals surface area (Å²) in [5.41, 5.74) is 7.23. The van der Waals surface area contributed by atoms with Crippen molar-refractivity contribution in [3.05, 3.63) is 16.1 Å². The molecule has 0 aliphatic heterocycles. The van der Waals surface area contributed by atoms with Crippen LogP contribution in [0.25, 0.3) is 0 Å². The van der Waals surface area contributed by atoms with E-state index in [-0.39, 0.29) is 0 Å². The number of thiazole rings is 1. The highest BCUT2D eigenvalue weighted by molar-refractivity contribution is 7.09. The smallest absolute Gasteiger partial charge is 0.0897 e. The van der Waals surface area contributed by atoms with Crippen molar-refractivity contribution in [3.8, 4) is 0 Å². The van der Waals surface area contributed by atoms with E-state index in [4.69, 9.17) is 5.73 Å². The number of nitrogens with zero attached hydrogens (tertiary/aromatic N) is 1. The molecule has 72 valence electrons. The average Bonchev–Trinajstić information content (AvgIpc) is 2.87. The molecule has 0 aromatic carbocycles. The van der Waals surface area contributed by atoms with E-state index < -0.39 is 0 Å². The molecule has 1 aromatic rings. The van der Waals surface area contributed by atoms with Gasteiger partial charge in [-0.05, 0) is 38.5 Å². The summed E-state index contributed by atoms with van der Waals surface area (Å²) in [5.74, 6) is 0.819. The fraction of sp³-hybridized carbons (Fsp3) is 0.700. The minimum absolute atomic E-state index is 0.419. The standard InChI is InChI=1S/C10H16N2S/c1-7-12-9(6-13-7)4-5-10(11)8-2-3-8/h6,8,10H,2-5,11H2,1H3. The Balaban J connectivity index is 1.78. The van der Waals surface area contributed by atoms with Crippen molar-refractivity contribution in [1.29, 1.82) is 0 Å². The largest absolute Gasteiger partial charge is 0.327 e. The molecule has 1 unspecified atom stereocenters. The normalized spacial score (nSPS) is 18.9. The van der Waals surface area contributed by atoms with Crippen molar-refractivity contribution < 1.29 is 0 Å². The molecule has 1 aromatic heterocycles. The van der Waals surface area contributed by atoms with Crippen LogP contribution >= 0.6 is 11.3 Å². The molecule has 3 heteroatoms. The first-order valence-corrected chi connectivity index (χ1v) is 5.80. The fourth-order valence-electron chi connectivity index (χ4n) is 1.60. The van der Waals surface area contributed by atoms with Gasteiger partial charge in [0.25, 0.3) is 0 Å². The molecule has 13 heavy (non-hydrogen) atoms. The van der Waals surface area contributed by atoms with Crippen LogP contribution in [0.15, 0.2) is 5.38 Å². The first-order valence-electron chi connectivity index (χ1n) is 4.92. The van der Waals surface area contributed by atoms with Crippen LogP contribution in [-0.2, 0) is 6.42 Å². The van der Waals surface area contributed by atoms with E-state index in [9.17, 15) is 0 Å². The summed E-state index contributed by atoms with van der Waals surface area (Å²) in [6.07, 6.45) is 4.85. The van der Waals surface area contributed by atoms with Crippen molar-refractivity contribution in [3.63, 3.8) is 0 Å². The van der Waals surface area contributed by atoms with Crippen LogP contribution in [0.5, 0.6) is 0 Å². The van der Waals surface area contributed by atoms with Gasteiger partial charge in [0.2, 0.25) is 0 Å². The Hall–Kier alpha value is -0.410. The maximum Gasteiger partial charge on any atom is 0.0897 e. The summed E-state index contributed by atoms with van der Waals surface area (Å²) in [5, 5.41) is 3.31. The zero-order valence-electron chi connectivity index (χ0n) is 7.99. The Morgan fingerprint density at radius 2 is 2.46 bits per heavy atom. The second-order valence-corrected chi connectivity index (χ2v) is 4.96. The van der Waals surface area contributed by atoms with Gasteiger partial charge in [-0.2, -0.15) is 0 Å². The van der Waals surface area contributed by atoms with Crippen LogP contribution in [0.2, 0.25) is 0 Å². The van der Waals surface area contributed by atoms with Gasteiger partial charge in [-0.25, -0.2) is 4.98 Å². The molecule has 0 radical (unpaired) electrons. The van der Waals surface area contributed by atoms with Crippen molar-refractivity contribution in [2.75, 3.05) is 0 Å². The van der Waals surface area contributed by atoms with Crippen LogP contribution in [0.4, 0.5) is 0 Å². The minimum atomic E-state index is 0.419. The monoisotopic (exact) mass is 196 g/mol. The molecule has 2 rings (SSSR count). The molecule has 1 aliphatic carbocycles. The summed E-state index contributed by atoms with van der Waals surface area (Å²) < 4.78 is 0. The molecule has 1 atom stereocenters. The maximum atomic E-state index is 6.01. The zero-order chi connectivity index (χ0) is 9.26. The van der Waals surface area contributed by atoms with E-state index in [1.165, 1.54) is 18.5 Å². The number of rotatable bonds is 4. The molecule has 0 spiro atoms. The van der Waals surface area contributed by atoms with Gasteiger partial charge in [0.05, 0.1) is 10.7 Å². The van der Waals surface area contributed by atoms with Crippen LogP contribution in [0.3, 0.4) is 0 Å². The van der Waals surface area contributed by atoms with E-state index in [0.29, 0.717) is 6.04 Å². The predicted molar refractivity (Wildman–Crippen MR) is 55.9 cm³/mol. The molecule has 2 nitrogen and oxygen atoms in total. The zero-order valence-corrected chi connectivity index (χ0v) is 8.81. The molecular weight excluding hydrogens is 180 g/mol. The topological polar surface area (TPSA) is 38.9 Å². The third kappa shape index (κ3) is 2.51. The van der Waals surface area contributed by atoms with Gasteiger partial charge < -0.3 is 5.73 Å². The number of hydrogen-bond acceptors (Lipinski definition) is 3.